The Labute approximate surface area is 167 Å². The highest BCUT2D eigenvalue weighted by molar-refractivity contribution is 7.80. The molecular weight excluding hydrogens is 376 g/mol. The number of ether oxygens (including phenoxy) is 1. The number of aromatic hydroxyl groups is 1. The first-order chi connectivity index (χ1) is 13.5. The van der Waals surface area contributed by atoms with Gasteiger partial charge in [0.2, 0.25) is 0 Å². The Kier molecular flexibility index (Phi) is 5.56. The van der Waals surface area contributed by atoms with Crippen LogP contribution in [-0.2, 0) is 9.59 Å². The smallest absolute Gasteiger partial charge is 0.270 e. The van der Waals surface area contributed by atoms with E-state index in [0.29, 0.717) is 11.3 Å². The first-order valence-corrected chi connectivity index (χ1v) is 8.83. The Bertz CT molecular complexity index is 985. The Balaban J connectivity index is 2.10. The number of methoxy groups -OCH3 is 1. The van der Waals surface area contributed by atoms with Crippen LogP contribution in [0.15, 0.2) is 66.8 Å². The molecule has 6 nitrogen and oxygen atoms in total. The minimum absolute atomic E-state index is 0.0358. The second-order valence-corrected chi connectivity index (χ2v) is 6.32. The molecule has 1 aliphatic rings. The molecule has 0 aromatic heterocycles. The molecule has 0 spiro atoms. The maximum Gasteiger partial charge on any atom is 0.270 e. The molecule has 0 saturated carbocycles. The molecule has 0 atom stereocenters. The van der Waals surface area contributed by atoms with E-state index in [0.717, 1.165) is 0 Å². The summed E-state index contributed by atoms with van der Waals surface area (Å²) in [5.74, 6) is -0.822. The molecule has 1 fully saturated rings. The zero-order chi connectivity index (χ0) is 20.3. The number of carbonyl (C=O) groups excluding carboxylic acids is 2. The van der Waals surface area contributed by atoms with Gasteiger partial charge in [-0.15, -0.1) is 6.58 Å². The molecule has 3 rings (SSSR count). The number of amides is 2. The highest BCUT2D eigenvalue weighted by Gasteiger charge is 2.39. The van der Waals surface area contributed by atoms with Gasteiger partial charge in [0.05, 0.1) is 12.8 Å². The summed E-state index contributed by atoms with van der Waals surface area (Å²) in [7, 11) is 1.42. The summed E-state index contributed by atoms with van der Waals surface area (Å²) in [6.45, 7) is 3.83. The lowest BCUT2D eigenvalue weighted by Crippen LogP contribution is -2.56. The fraction of sp³-hybridized carbons (Fsp3) is 0.0952. The number of rotatable bonds is 5. The molecule has 142 valence electrons. The monoisotopic (exact) mass is 394 g/mol. The van der Waals surface area contributed by atoms with Crippen molar-refractivity contribution in [1.82, 2.24) is 4.90 Å². The SMILES string of the molecule is C=CCN1C(=O)/C(=C\c2ccc(O)c(OC)c2)C(=O)N(c2ccccc2)C1=S. The quantitative estimate of drug-likeness (QED) is 0.365. The van der Waals surface area contributed by atoms with Crippen molar-refractivity contribution in [3.8, 4) is 11.5 Å². The Morgan fingerprint density at radius 1 is 1.14 bits per heavy atom. The fourth-order valence-corrected chi connectivity index (χ4v) is 3.17. The number of phenols is 1. The van der Waals surface area contributed by atoms with Gasteiger partial charge >= 0.3 is 0 Å². The van der Waals surface area contributed by atoms with Gasteiger partial charge < -0.3 is 9.84 Å². The van der Waals surface area contributed by atoms with E-state index in [4.69, 9.17) is 17.0 Å². The third-order valence-corrected chi connectivity index (χ3v) is 4.58. The van der Waals surface area contributed by atoms with Crippen LogP contribution in [0.5, 0.6) is 11.5 Å². The normalized spacial score (nSPS) is 15.9. The molecule has 1 aliphatic heterocycles. The summed E-state index contributed by atoms with van der Waals surface area (Å²) >= 11 is 5.41. The Morgan fingerprint density at radius 2 is 1.86 bits per heavy atom. The lowest BCUT2D eigenvalue weighted by molar-refractivity contribution is -0.127. The molecule has 0 aliphatic carbocycles. The number of hydrogen-bond donors (Lipinski definition) is 1. The van der Waals surface area contributed by atoms with Crippen molar-refractivity contribution >= 4 is 40.9 Å². The average molecular weight is 394 g/mol. The van der Waals surface area contributed by atoms with Gasteiger partial charge in [-0.3, -0.25) is 19.4 Å². The first-order valence-electron chi connectivity index (χ1n) is 8.43. The molecule has 2 aromatic rings. The number of anilines is 1. The number of carbonyl (C=O) groups is 2. The molecule has 1 saturated heterocycles. The topological polar surface area (TPSA) is 70.1 Å². The van der Waals surface area contributed by atoms with Gasteiger partial charge in [-0.05, 0) is 48.1 Å². The van der Waals surface area contributed by atoms with Crippen LogP contribution in [0.3, 0.4) is 0 Å². The number of nitrogens with zero attached hydrogens (tertiary/aromatic N) is 2. The number of hydrogen-bond acceptors (Lipinski definition) is 5. The van der Waals surface area contributed by atoms with Crippen LogP contribution in [0.4, 0.5) is 5.69 Å². The van der Waals surface area contributed by atoms with Gasteiger partial charge in [-0.25, -0.2) is 0 Å². The van der Waals surface area contributed by atoms with Crippen molar-refractivity contribution in [1.29, 1.82) is 0 Å². The van der Waals surface area contributed by atoms with Crippen LogP contribution >= 0.6 is 12.2 Å². The van der Waals surface area contributed by atoms with Gasteiger partial charge in [-0.1, -0.05) is 30.3 Å². The molecule has 1 N–H and O–H groups in total. The fourth-order valence-electron chi connectivity index (χ4n) is 2.82. The van der Waals surface area contributed by atoms with Crippen molar-refractivity contribution in [2.45, 2.75) is 0 Å². The third kappa shape index (κ3) is 3.52. The lowest BCUT2D eigenvalue weighted by atomic mass is 10.1. The van der Waals surface area contributed by atoms with E-state index in [-0.39, 0.29) is 28.7 Å². The van der Waals surface area contributed by atoms with E-state index >= 15 is 0 Å². The van der Waals surface area contributed by atoms with Gasteiger partial charge in [0, 0.05) is 6.54 Å². The lowest BCUT2D eigenvalue weighted by Gasteiger charge is -2.36. The minimum Gasteiger partial charge on any atom is -0.504 e. The van der Waals surface area contributed by atoms with Crippen molar-refractivity contribution < 1.29 is 19.4 Å². The number of thiocarbonyl (C=S) groups is 1. The maximum absolute atomic E-state index is 13.1. The van der Waals surface area contributed by atoms with Crippen LogP contribution in [0.25, 0.3) is 6.08 Å². The number of phenolic OH excluding ortho intramolecular Hbond substituents is 1. The van der Waals surface area contributed by atoms with Crippen molar-refractivity contribution in [3.05, 3.63) is 72.3 Å². The third-order valence-electron chi connectivity index (χ3n) is 4.17. The van der Waals surface area contributed by atoms with Gasteiger partial charge in [0.15, 0.2) is 16.6 Å². The average Bonchev–Trinajstić information content (AvgIpc) is 2.70. The maximum atomic E-state index is 13.1. The highest BCUT2D eigenvalue weighted by Crippen LogP contribution is 2.29. The van der Waals surface area contributed by atoms with Crippen LogP contribution in [0.1, 0.15) is 5.56 Å². The molecule has 28 heavy (non-hydrogen) atoms. The molecule has 0 unspecified atom stereocenters. The summed E-state index contributed by atoms with van der Waals surface area (Å²) in [5.41, 5.74) is 1.05. The first kappa shape index (κ1) is 19.3. The van der Waals surface area contributed by atoms with Crippen LogP contribution in [0, 0.1) is 0 Å². The van der Waals surface area contributed by atoms with Gasteiger partial charge in [0.1, 0.15) is 5.57 Å². The number of para-hydroxylation sites is 1. The summed E-state index contributed by atoms with van der Waals surface area (Å²) in [5, 5.41) is 9.86. The molecule has 2 aromatic carbocycles. The Morgan fingerprint density at radius 3 is 2.50 bits per heavy atom. The summed E-state index contributed by atoms with van der Waals surface area (Å²) in [6.07, 6.45) is 3.00. The second-order valence-electron chi connectivity index (χ2n) is 5.95. The van der Waals surface area contributed by atoms with Crippen molar-refractivity contribution in [2.24, 2.45) is 0 Å². The molecule has 1 heterocycles. The van der Waals surface area contributed by atoms with Crippen molar-refractivity contribution in [2.75, 3.05) is 18.6 Å². The Hall–Kier alpha value is -3.45. The minimum atomic E-state index is -0.520. The summed E-state index contributed by atoms with van der Waals surface area (Å²) in [4.78, 5) is 28.7. The standard InChI is InChI=1S/C21H18N2O4S/c1-3-11-22-19(25)16(12-14-9-10-17(24)18(13-14)27-2)20(26)23(21(22)28)15-7-5-4-6-8-15/h3-10,12-13,24H,1,11H2,2H3/b16-12+. The van der Waals surface area contributed by atoms with E-state index in [1.807, 2.05) is 6.07 Å². The molecular formula is C21H18N2O4S. The van der Waals surface area contributed by atoms with Gasteiger partial charge in [0.25, 0.3) is 11.8 Å². The molecule has 7 heteroatoms. The van der Waals surface area contributed by atoms with Crippen molar-refractivity contribution in [3.63, 3.8) is 0 Å². The molecule has 0 bridgehead atoms. The molecule has 0 radical (unpaired) electrons. The second kappa shape index (κ2) is 8.06. The van der Waals surface area contributed by atoms with E-state index in [2.05, 4.69) is 6.58 Å². The highest BCUT2D eigenvalue weighted by atomic mass is 32.1. The van der Waals surface area contributed by atoms with Crippen LogP contribution < -0.4 is 9.64 Å². The van der Waals surface area contributed by atoms with Crippen LogP contribution in [-0.4, -0.2) is 40.6 Å². The largest absolute Gasteiger partial charge is 0.504 e. The predicted molar refractivity (Wildman–Crippen MR) is 111 cm³/mol. The van der Waals surface area contributed by atoms with E-state index < -0.39 is 11.8 Å². The number of benzene rings is 2. The van der Waals surface area contributed by atoms with Crippen LogP contribution in [0.2, 0.25) is 0 Å². The van der Waals surface area contributed by atoms with E-state index in [1.165, 1.54) is 29.1 Å². The van der Waals surface area contributed by atoms with E-state index in [9.17, 15) is 14.7 Å². The zero-order valence-corrected chi connectivity index (χ0v) is 16.0. The predicted octanol–water partition coefficient (Wildman–Crippen LogP) is 3.13. The van der Waals surface area contributed by atoms with Gasteiger partial charge in [-0.2, -0.15) is 0 Å². The molecule has 2 amide bonds. The summed E-state index contributed by atoms with van der Waals surface area (Å²) in [6, 6.07) is 13.4. The summed E-state index contributed by atoms with van der Waals surface area (Å²) < 4.78 is 5.09. The van der Waals surface area contributed by atoms with E-state index in [1.54, 1.807) is 42.5 Å². The zero-order valence-electron chi connectivity index (χ0n) is 15.2.